The molecule has 0 radical (unpaired) electrons. The molecule has 17 heavy (non-hydrogen) atoms. The lowest BCUT2D eigenvalue weighted by molar-refractivity contribution is 1.15. The van der Waals surface area contributed by atoms with E-state index in [0.717, 1.165) is 26.2 Å². The zero-order valence-electron chi connectivity index (χ0n) is 8.88. The lowest BCUT2D eigenvalue weighted by Gasteiger charge is -2.09. The molecular weight excluding hydrogens is 365 g/mol. The second-order valence-electron chi connectivity index (χ2n) is 3.60. The quantitative estimate of drug-likeness (QED) is 0.749. The molecule has 0 aliphatic rings. The molecule has 1 nitrogen and oxygen atoms in total. The smallest absolute Gasteiger partial charge is 0.0488 e. The summed E-state index contributed by atoms with van der Waals surface area (Å²) in [6.45, 7) is 0.775. The molecule has 1 N–H and O–H groups in total. The van der Waals surface area contributed by atoms with Crippen LogP contribution in [0.1, 0.15) is 5.56 Å². The summed E-state index contributed by atoms with van der Waals surface area (Å²) in [6.07, 6.45) is 0. The van der Waals surface area contributed by atoms with Gasteiger partial charge in [-0.15, -0.1) is 0 Å². The van der Waals surface area contributed by atoms with Gasteiger partial charge in [0.1, 0.15) is 0 Å². The fraction of sp³-hybridized carbons (Fsp3) is 0.0769. The Balaban J connectivity index is 2.04. The minimum atomic E-state index is 0.763. The van der Waals surface area contributed by atoms with Gasteiger partial charge in [-0.1, -0.05) is 39.7 Å². The van der Waals surface area contributed by atoms with E-state index in [1.54, 1.807) is 0 Å². The van der Waals surface area contributed by atoms with E-state index < -0.39 is 0 Å². The maximum Gasteiger partial charge on any atom is 0.0488 e. The van der Waals surface area contributed by atoms with Crippen LogP contribution in [0.3, 0.4) is 0 Å². The van der Waals surface area contributed by atoms with Crippen molar-refractivity contribution in [3.63, 3.8) is 0 Å². The Labute approximate surface area is 122 Å². The lowest BCUT2D eigenvalue weighted by Crippen LogP contribution is -1.99. The highest BCUT2D eigenvalue weighted by atomic mass is 79.9. The van der Waals surface area contributed by atoms with Crippen molar-refractivity contribution in [1.29, 1.82) is 0 Å². The van der Waals surface area contributed by atoms with Crippen molar-refractivity contribution >= 4 is 49.1 Å². The Kier molecular flexibility index (Phi) is 4.48. The number of hydrogen-bond donors (Lipinski definition) is 1. The summed E-state index contributed by atoms with van der Waals surface area (Å²) in [7, 11) is 0. The van der Waals surface area contributed by atoms with Crippen LogP contribution in [-0.2, 0) is 6.54 Å². The Morgan fingerprint density at radius 1 is 1.00 bits per heavy atom. The third kappa shape index (κ3) is 3.73. The van der Waals surface area contributed by atoms with Gasteiger partial charge >= 0.3 is 0 Å². The monoisotopic (exact) mass is 373 g/mol. The second-order valence-corrected chi connectivity index (χ2v) is 5.81. The molecule has 2 aromatic rings. The van der Waals surface area contributed by atoms with Crippen molar-refractivity contribution in [3.05, 3.63) is 62.0 Å². The molecular formula is C13H10Br2ClN. The van der Waals surface area contributed by atoms with Gasteiger partial charge in [0.2, 0.25) is 0 Å². The third-order valence-corrected chi connectivity index (χ3v) is 3.73. The number of nitrogens with one attached hydrogen (secondary N) is 1. The van der Waals surface area contributed by atoms with E-state index in [1.165, 1.54) is 5.56 Å². The highest BCUT2D eigenvalue weighted by Gasteiger charge is 2.00. The molecule has 0 atom stereocenters. The van der Waals surface area contributed by atoms with Gasteiger partial charge in [0, 0.05) is 26.2 Å². The summed E-state index contributed by atoms with van der Waals surface area (Å²) in [5.41, 5.74) is 2.27. The molecule has 2 rings (SSSR count). The molecule has 0 aliphatic heterocycles. The Bertz CT molecular complexity index is 511. The van der Waals surface area contributed by atoms with Crippen LogP contribution in [0.25, 0.3) is 0 Å². The van der Waals surface area contributed by atoms with Crippen molar-refractivity contribution in [2.24, 2.45) is 0 Å². The maximum absolute atomic E-state index is 5.84. The molecule has 0 aliphatic carbocycles. The summed E-state index contributed by atoms with van der Waals surface area (Å²) < 4.78 is 2.10. The van der Waals surface area contributed by atoms with E-state index in [9.17, 15) is 0 Å². The Morgan fingerprint density at radius 3 is 2.35 bits per heavy atom. The van der Waals surface area contributed by atoms with E-state index >= 15 is 0 Å². The summed E-state index contributed by atoms with van der Waals surface area (Å²) in [4.78, 5) is 0. The molecule has 2 aromatic carbocycles. The zero-order valence-corrected chi connectivity index (χ0v) is 12.8. The fourth-order valence-corrected chi connectivity index (χ4v) is 2.75. The first-order chi connectivity index (χ1) is 8.15. The lowest BCUT2D eigenvalue weighted by atomic mass is 10.2. The van der Waals surface area contributed by atoms with Crippen molar-refractivity contribution < 1.29 is 0 Å². The number of rotatable bonds is 3. The predicted octanol–water partition coefficient (Wildman–Crippen LogP) is 5.48. The molecule has 0 spiro atoms. The largest absolute Gasteiger partial charge is 0.380 e. The molecule has 4 heteroatoms. The Hall–Kier alpha value is -0.510. The average molecular weight is 375 g/mol. The van der Waals surface area contributed by atoms with Gasteiger partial charge < -0.3 is 5.32 Å². The van der Waals surface area contributed by atoms with E-state index in [1.807, 2.05) is 42.5 Å². The van der Waals surface area contributed by atoms with Gasteiger partial charge in [-0.2, -0.15) is 0 Å². The zero-order chi connectivity index (χ0) is 12.3. The standard InChI is InChI=1S/C13H10Br2ClN/c14-10-3-6-13(12(15)7-10)17-8-9-1-4-11(16)5-2-9/h1-7,17H,8H2. The molecule has 0 fully saturated rings. The van der Waals surface area contributed by atoms with Crippen molar-refractivity contribution in [2.75, 3.05) is 5.32 Å². The van der Waals surface area contributed by atoms with Gasteiger partial charge in [0.05, 0.1) is 0 Å². The minimum absolute atomic E-state index is 0.763. The van der Waals surface area contributed by atoms with E-state index in [4.69, 9.17) is 11.6 Å². The van der Waals surface area contributed by atoms with E-state index in [0.29, 0.717) is 0 Å². The van der Waals surface area contributed by atoms with E-state index in [-0.39, 0.29) is 0 Å². The summed E-state index contributed by atoms with van der Waals surface area (Å²) in [5.74, 6) is 0. The molecule has 0 aromatic heterocycles. The molecule has 0 unspecified atom stereocenters. The van der Waals surface area contributed by atoms with Crippen molar-refractivity contribution in [3.8, 4) is 0 Å². The molecule has 0 amide bonds. The Morgan fingerprint density at radius 2 is 1.71 bits per heavy atom. The number of anilines is 1. The van der Waals surface area contributed by atoms with Crippen LogP contribution in [0.2, 0.25) is 5.02 Å². The second kappa shape index (κ2) is 5.89. The maximum atomic E-state index is 5.84. The van der Waals surface area contributed by atoms with Crippen LogP contribution in [0.5, 0.6) is 0 Å². The van der Waals surface area contributed by atoms with Gasteiger partial charge in [-0.05, 0) is 51.8 Å². The van der Waals surface area contributed by atoms with Crippen LogP contribution < -0.4 is 5.32 Å². The first kappa shape index (κ1) is 12.9. The summed E-state index contributed by atoms with van der Waals surface area (Å²) in [6, 6.07) is 13.9. The van der Waals surface area contributed by atoms with Gasteiger partial charge in [-0.25, -0.2) is 0 Å². The number of benzene rings is 2. The molecule has 88 valence electrons. The van der Waals surface area contributed by atoms with Crippen LogP contribution in [0.15, 0.2) is 51.4 Å². The van der Waals surface area contributed by atoms with Crippen molar-refractivity contribution in [2.45, 2.75) is 6.54 Å². The van der Waals surface area contributed by atoms with Crippen LogP contribution >= 0.6 is 43.5 Å². The van der Waals surface area contributed by atoms with Crippen molar-refractivity contribution in [1.82, 2.24) is 0 Å². The van der Waals surface area contributed by atoms with Crippen LogP contribution in [0, 0.1) is 0 Å². The van der Waals surface area contributed by atoms with Gasteiger partial charge in [-0.3, -0.25) is 0 Å². The summed E-state index contributed by atoms with van der Waals surface area (Å²) in [5, 5.41) is 4.13. The number of halogens is 3. The molecule has 0 bridgehead atoms. The van der Waals surface area contributed by atoms with Crippen LogP contribution in [0.4, 0.5) is 5.69 Å². The third-order valence-electron chi connectivity index (χ3n) is 2.33. The molecule has 0 heterocycles. The molecule has 0 saturated heterocycles. The highest BCUT2D eigenvalue weighted by molar-refractivity contribution is 9.11. The SMILES string of the molecule is Clc1ccc(CNc2ccc(Br)cc2Br)cc1. The van der Waals surface area contributed by atoms with Gasteiger partial charge in [0.15, 0.2) is 0 Å². The predicted molar refractivity (Wildman–Crippen MR) is 80.6 cm³/mol. The van der Waals surface area contributed by atoms with Crippen LogP contribution in [-0.4, -0.2) is 0 Å². The first-order valence-electron chi connectivity index (χ1n) is 5.08. The highest BCUT2D eigenvalue weighted by Crippen LogP contribution is 2.26. The van der Waals surface area contributed by atoms with Gasteiger partial charge in [0.25, 0.3) is 0 Å². The summed E-state index contributed by atoms with van der Waals surface area (Å²) >= 11 is 12.8. The van der Waals surface area contributed by atoms with E-state index in [2.05, 4.69) is 37.2 Å². The number of hydrogen-bond acceptors (Lipinski definition) is 1. The normalized spacial score (nSPS) is 10.3. The topological polar surface area (TPSA) is 12.0 Å². The first-order valence-corrected chi connectivity index (χ1v) is 7.05. The molecule has 0 saturated carbocycles. The fourth-order valence-electron chi connectivity index (χ4n) is 1.43. The minimum Gasteiger partial charge on any atom is -0.380 e. The average Bonchev–Trinajstić information content (AvgIpc) is 2.30.